The number of aromatic nitrogens is 2. The smallest absolute Gasteiger partial charge is 0.133 e. The molecule has 162 valence electrons. The summed E-state index contributed by atoms with van der Waals surface area (Å²) in [5, 5.41) is 8.97. The first kappa shape index (κ1) is 20.6. The van der Waals surface area contributed by atoms with Crippen LogP contribution < -0.4 is 5.32 Å². The molecule has 0 aliphatic carbocycles. The number of anilines is 1. The third kappa shape index (κ3) is 4.08. The molecule has 0 atom stereocenters. The quantitative estimate of drug-likeness (QED) is 0.382. The molecular weight excluding hydrogens is 390 g/mol. The normalized spacial score (nSPS) is 13.4. The molecule has 3 nitrogen and oxygen atoms in total. The Morgan fingerprint density at radius 2 is 1.50 bits per heavy atom. The molecule has 32 heavy (non-hydrogen) atoms. The number of hydrogen-bond donors (Lipinski definition) is 1. The SMILES string of the molecule is CCc1ccccc1-n1nc(CC(c2ccccc2)c2ccccc2)c2c1NCCCC2. The van der Waals surface area contributed by atoms with Gasteiger partial charge < -0.3 is 5.32 Å². The van der Waals surface area contributed by atoms with Crippen LogP contribution in [0.5, 0.6) is 0 Å². The molecule has 1 N–H and O–H groups in total. The van der Waals surface area contributed by atoms with E-state index in [2.05, 4.69) is 102 Å². The van der Waals surface area contributed by atoms with Gasteiger partial charge in [-0.2, -0.15) is 5.10 Å². The molecule has 0 bridgehead atoms. The predicted molar refractivity (Wildman–Crippen MR) is 133 cm³/mol. The maximum absolute atomic E-state index is 5.26. The number of para-hydroxylation sites is 1. The Morgan fingerprint density at radius 1 is 0.844 bits per heavy atom. The average Bonchev–Trinajstić information content (AvgIpc) is 3.02. The van der Waals surface area contributed by atoms with Crippen molar-refractivity contribution in [2.75, 3.05) is 11.9 Å². The van der Waals surface area contributed by atoms with E-state index in [4.69, 9.17) is 5.10 Å². The van der Waals surface area contributed by atoms with Crippen LogP contribution in [0.4, 0.5) is 5.82 Å². The van der Waals surface area contributed by atoms with Gasteiger partial charge in [-0.1, -0.05) is 85.8 Å². The van der Waals surface area contributed by atoms with Crippen LogP contribution in [0, 0.1) is 0 Å². The Kier molecular flexibility index (Phi) is 6.06. The molecule has 1 aliphatic heterocycles. The third-order valence-corrected chi connectivity index (χ3v) is 6.61. The second-order valence-electron chi connectivity index (χ2n) is 8.63. The van der Waals surface area contributed by atoms with E-state index in [9.17, 15) is 0 Å². The summed E-state index contributed by atoms with van der Waals surface area (Å²) < 4.78 is 2.18. The number of nitrogens with zero attached hydrogens (tertiary/aromatic N) is 2. The highest BCUT2D eigenvalue weighted by atomic mass is 15.3. The van der Waals surface area contributed by atoms with E-state index in [-0.39, 0.29) is 5.92 Å². The molecule has 0 fully saturated rings. The van der Waals surface area contributed by atoms with Crippen LogP contribution in [-0.2, 0) is 19.3 Å². The number of benzene rings is 3. The summed E-state index contributed by atoms with van der Waals surface area (Å²) >= 11 is 0. The van der Waals surface area contributed by atoms with Crippen molar-refractivity contribution in [3.63, 3.8) is 0 Å². The molecule has 5 rings (SSSR count). The molecule has 0 saturated carbocycles. The molecular formula is C29H31N3. The van der Waals surface area contributed by atoms with E-state index in [1.807, 2.05) is 0 Å². The number of fused-ring (bicyclic) bond motifs is 1. The number of aryl methyl sites for hydroxylation is 1. The standard InChI is InChI=1S/C29H31N3/c1-2-22-13-9-10-19-28(22)32-29-25(18-11-12-20-30-29)27(31-32)21-26(23-14-5-3-6-15-23)24-16-7-4-8-17-24/h3-10,13-17,19,26,30H,2,11-12,18,20-21H2,1H3. The second kappa shape index (κ2) is 9.44. The Morgan fingerprint density at radius 3 is 2.19 bits per heavy atom. The van der Waals surface area contributed by atoms with Crippen LogP contribution in [0.1, 0.15) is 53.6 Å². The molecule has 0 unspecified atom stereocenters. The largest absolute Gasteiger partial charge is 0.370 e. The zero-order valence-corrected chi connectivity index (χ0v) is 18.8. The van der Waals surface area contributed by atoms with E-state index >= 15 is 0 Å². The molecule has 1 aliphatic rings. The summed E-state index contributed by atoms with van der Waals surface area (Å²) in [5.74, 6) is 1.48. The molecule has 0 spiro atoms. The van der Waals surface area contributed by atoms with Crippen LogP contribution in [0.3, 0.4) is 0 Å². The van der Waals surface area contributed by atoms with Crippen LogP contribution in [-0.4, -0.2) is 16.3 Å². The van der Waals surface area contributed by atoms with Crippen molar-refractivity contribution in [2.45, 2.75) is 44.9 Å². The maximum Gasteiger partial charge on any atom is 0.133 e. The molecule has 0 radical (unpaired) electrons. The van der Waals surface area contributed by atoms with E-state index in [1.165, 1.54) is 52.3 Å². The molecule has 4 aromatic rings. The highest BCUT2D eigenvalue weighted by Gasteiger charge is 2.25. The van der Waals surface area contributed by atoms with Crippen molar-refractivity contribution < 1.29 is 0 Å². The minimum absolute atomic E-state index is 0.287. The third-order valence-electron chi connectivity index (χ3n) is 6.61. The molecule has 0 saturated heterocycles. The minimum Gasteiger partial charge on any atom is -0.370 e. The zero-order valence-electron chi connectivity index (χ0n) is 18.8. The molecule has 1 aromatic heterocycles. The second-order valence-corrected chi connectivity index (χ2v) is 8.63. The Labute approximate surface area is 191 Å². The Hall–Kier alpha value is -3.33. The topological polar surface area (TPSA) is 29.9 Å². The van der Waals surface area contributed by atoms with Gasteiger partial charge in [-0.15, -0.1) is 0 Å². The van der Waals surface area contributed by atoms with Crippen LogP contribution in [0.25, 0.3) is 5.69 Å². The maximum atomic E-state index is 5.26. The van der Waals surface area contributed by atoms with E-state index in [1.54, 1.807) is 0 Å². The lowest BCUT2D eigenvalue weighted by atomic mass is 9.86. The summed E-state index contributed by atoms with van der Waals surface area (Å²) in [6.45, 7) is 3.23. The lowest BCUT2D eigenvalue weighted by Crippen LogP contribution is -2.09. The Bertz CT molecular complexity index is 1120. The van der Waals surface area contributed by atoms with Gasteiger partial charge in [0.05, 0.1) is 11.4 Å². The number of hydrogen-bond acceptors (Lipinski definition) is 2. The van der Waals surface area contributed by atoms with Crippen molar-refractivity contribution >= 4 is 5.82 Å². The summed E-state index contributed by atoms with van der Waals surface area (Å²) in [4.78, 5) is 0. The summed E-state index contributed by atoms with van der Waals surface area (Å²) in [6.07, 6.45) is 5.39. The highest BCUT2D eigenvalue weighted by Crippen LogP contribution is 2.34. The van der Waals surface area contributed by atoms with Gasteiger partial charge in [0.1, 0.15) is 5.82 Å². The lowest BCUT2D eigenvalue weighted by Gasteiger charge is -2.18. The van der Waals surface area contributed by atoms with Gasteiger partial charge in [0.2, 0.25) is 0 Å². The summed E-state index contributed by atoms with van der Waals surface area (Å²) in [5.41, 5.74) is 7.83. The van der Waals surface area contributed by atoms with Crippen molar-refractivity contribution in [1.82, 2.24) is 9.78 Å². The van der Waals surface area contributed by atoms with Crippen molar-refractivity contribution in [1.29, 1.82) is 0 Å². The van der Waals surface area contributed by atoms with E-state index in [0.29, 0.717) is 0 Å². The predicted octanol–water partition coefficient (Wildman–Crippen LogP) is 6.56. The van der Waals surface area contributed by atoms with Gasteiger partial charge >= 0.3 is 0 Å². The highest BCUT2D eigenvalue weighted by molar-refractivity contribution is 5.56. The van der Waals surface area contributed by atoms with Crippen molar-refractivity contribution in [3.8, 4) is 5.69 Å². The van der Waals surface area contributed by atoms with Gasteiger partial charge in [-0.05, 0) is 48.4 Å². The first-order chi connectivity index (χ1) is 15.8. The molecule has 3 heteroatoms. The van der Waals surface area contributed by atoms with Gasteiger partial charge in [0.25, 0.3) is 0 Å². The van der Waals surface area contributed by atoms with Crippen LogP contribution in [0.2, 0.25) is 0 Å². The summed E-state index contributed by atoms with van der Waals surface area (Å²) in [6, 6.07) is 30.4. The van der Waals surface area contributed by atoms with Gasteiger partial charge in [0.15, 0.2) is 0 Å². The first-order valence-electron chi connectivity index (χ1n) is 11.9. The van der Waals surface area contributed by atoms with Crippen molar-refractivity contribution in [2.24, 2.45) is 0 Å². The summed E-state index contributed by atoms with van der Waals surface area (Å²) in [7, 11) is 0. The molecule has 0 amide bonds. The van der Waals surface area contributed by atoms with E-state index in [0.717, 1.165) is 25.8 Å². The molecule has 3 aromatic carbocycles. The average molecular weight is 422 g/mol. The minimum atomic E-state index is 0.287. The number of rotatable bonds is 6. The monoisotopic (exact) mass is 421 g/mol. The van der Waals surface area contributed by atoms with Gasteiger partial charge in [-0.25, -0.2) is 4.68 Å². The number of nitrogens with one attached hydrogen (secondary N) is 1. The molecule has 2 heterocycles. The van der Waals surface area contributed by atoms with Crippen LogP contribution >= 0.6 is 0 Å². The fraction of sp³-hybridized carbons (Fsp3) is 0.276. The van der Waals surface area contributed by atoms with Crippen molar-refractivity contribution in [3.05, 3.63) is 113 Å². The fourth-order valence-corrected chi connectivity index (χ4v) is 4.92. The fourth-order valence-electron chi connectivity index (χ4n) is 4.92. The van der Waals surface area contributed by atoms with Crippen LogP contribution in [0.15, 0.2) is 84.9 Å². The van der Waals surface area contributed by atoms with Gasteiger partial charge in [-0.3, -0.25) is 0 Å². The van der Waals surface area contributed by atoms with E-state index < -0.39 is 0 Å². The Balaban J connectivity index is 1.62. The zero-order chi connectivity index (χ0) is 21.8. The lowest BCUT2D eigenvalue weighted by molar-refractivity contribution is 0.726. The first-order valence-corrected chi connectivity index (χ1v) is 11.9. The van der Waals surface area contributed by atoms with Gasteiger partial charge in [0, 0.05) is 24.4 Å².